The Kier molecular flexibility index (Phi) is 4.90. The molecule has 2 rings (SSSR count). The molecule has 6 heteroatoms. The SMILES string of the molecule is COC(=O)Nc1ccc(Nc2ccc(OC)c(Cl)c2)cc1. The van der Waals surface area contributed by atoms with Gasteiger partial charge in [-0.25, -0.2) is 4.79 Å². The van der Waals surface area contributed by atoms with Gasteiger partial charge in [-0.1, -0.05) is 11.6 Å². The van der Waals surface area contributed by atoms with Crippen molar-refractivity contribution < 1.29 is 14.3 Å². The van der Waals surface area contributed by atoms with E-state index in [0.29, 0.717) is 16.5 Å². The number of amides is 1. The van der Waals surface area contributed by atoms with Crippen LogP contribution in [0.5, 0.6) is 5.75 Å². The maximum absolute atomic E-state index is 11.1. The van der Waals surface area contributed by atoms with Crippen molar-refractivity contribution in [3.8, 4) is 5.75 Å². The third-order valence-corrected chi connectivity index (χ3v) is 3.05. The minimum atomic E-state index is -0.502. The molecule has 0 aliphatic carbocycles. The molecule has 2 aromatic rings. The van der Waals surface area contributed by atoms with E-state index in [-0.39, 0.29) is 0 Å². The van der Waals surface area contributed by atoms with Crippen LogP contribution in [0.4, 0.5) is 21.9 Å². The molecule has 0 bridgehead atoms. The maximum Gasteiger partial charge on any atom is 0.411 e. The molecular weight excluding hydrogens is 292 g/mol. The maximum atomic E-state index is 11.1. The Morgan fingerprint density at radius 2 is 1.62 bits per heavy atom. The van der Waals surface area contributed by atoms with Gasteiger partial charge in [0.05, 0.1) is 19.2 Å². The molecule has 2 N–H and O–H groups in total. The van der Waals surface area contributed by atoms with Crippen LogP contribution in [0.2, 0.25) is 5.02 Å². The molecule has 0 radical (unpaired) electrons. The van der Waals surface area contributed by atoms with E-state index in [1.54, 1.807) is 31.4 Å². The summed E-state index contributed by atoms with van der Waals surface area (Å²) in [6.45, 7) is 0. The number of carbonyl (C=O) groups is 1. The Hall–Kier alpha value is -2.40. The zero-order valence-electron chi connectivity index (χ0n) is 11.6. The van der Waals surface area contributed by atoms with E-state index in [9.17, 15) is 4.79 Å². The van der Waals surface area contributed by atoms with Crippen molar-refractivity contribution in [2.45, 2.75) is 0 Å². The van der Waals surface area contributed by atoms with Crippen molar-refractivity contribution >= 4 is 34.8 Å². The van der Waals surface area contributed by atoms with Crippen LogP contribution in [-0.4, -0.2) is 20.3 Å². The Balaban J connectivity index is 2.06. The van der Waals surface area contributed by atoms with Gasteiger partial charge in [-0.2, -0.15) is 0 Å². The predicted octanol–water partition coefficient (Wildman–Crippen LogP) is 4.27. The summed E-state index contributed by atoms with van der Waals surface area (Å²) in [4.78, 5) is 11.1. The molecule has 0 aliphatic heterocycles. The summed E-state index contributed by atoms with van der Waals surface area (Å²) in [6, 6.07) is 12.6. The van der Waals surface area contributed by atoms with Crippen LogP contribution in [0, 0.1) is 0 Å². The van der Waals surface area contributed by atoms with E-state index < -0.39 is 6.09 Å². The van der Waals surface area contributed by atoms with E-state index in [4.69, 9.17) is 16.3 Å². The summed E-state index contributed by atoms with van der Waals surface area (Å²) >= 11 is 6.07. The van der Waals surface area contributed by atoms with Crippen LogP contribution in [-0.2, 0) is 4.74 Å². The number of rotatable bonds is 4. The number of carbonyl (C=O) groups excluding carboxylic acids is 1. The first-order valence-electron chi connectivity index (χ1n) is 6.18. The second kappa shape index (κ2) is 6.85. The Morgan fingerprint density at radius 3 is 2.19 bits per heavy atom. The first-order valence-corrected chi connectivity index (χ1v) is 6.56. The van der Waals surface area contributed by atoms with Crippen LogP contribution in [0.25, 0.3) is 0 Å². The molecule has 1 amide bonds. The molecule has 0 heterocycles. The fourth-order valence-electron chi connectivity index (χ4n) is 1.72. The molecule has 0 unspecified atom stereocenters. The second-order valence-corrected chi connectivity index (χ2v) is 4.58. The standard InChI is InChI=1S/C15H15ClN2O3/c1-20-14-8-7-12(9-13(14)16)17-10-3-5-11(6-4-10)18-15(19)21-2/h3-9,17H,1-2H3,(H,18,19). The number of benzene rings is 2. The van der Waals surface area contributed by atoms with Crippen molar-refractivity contribution in [1.82, 2.24) is 0 Å². The normalized spacial score (nSPS) is 9.86. The third-order valence-electron chi connectivity index (χ3n) is 2.76. The highest BCUT2D eigenvalue weighted by Gasteiger charge is 2.03. The molecule has 0 fully saturated rings. The molecule has 0 saturated carbocycles. The van der Waals surface area contributed by atoms with Crippen molar-refractivity contribution in [3.63, 3.8) is 0 Å². The van der Waals surface area contributed by atoms with Crippen LogP contribution in [0.1, 0.15) is 0 Å². The predicted molar refractivity (Wildman–Crippen MR) is 83.8 cm³/mol. The van der Waals surface area contributed by atoms with Gasteiger partial charge in [0.15, 0.2) is 0 Å². The van der Waals surface area contributed by atoms with E-state index >= 15 is 0 Å². The van der Waals surface area contributed by atoms with Gasteiger partial charge < -0.3 is 14.8 Å². The topological polar surface area (TPSA) is 59.6 Å². The lowest BCUT2D eigenvalue weighted by Gasteiger charge is -2.10. The van der Waals surface area contributed by atoms with Gasteiger partial charge in [-0.05, 0) is 42.5 Å². The smallest absolute Gasteiger partial charge is 0.411 e. The average Bonchev–Trinajstić information content (AvgIpc) is 2.49. The van der Waals surface area contributed by atoms with Gasteiger partial charge in [0.2, 0.25) is 0 Å². The average molecular weight is 307 g/mol. The number of anilines is 3. The number of nitrogens with one attached hydrogen (secondary N) is 2. The van der Waals surface area contributed by atoms with Gasteiger partial charge in [-0.3, -0.25) is 5.32 Å². The second-order valence-electron chi connectivity index (χ2n) is 4.17. The molecule has 0 atom stereocenters. The third kappa shape index (κ3) is 4.03. The van der Waals surface area contributed by atoms with Crippen molar-refractivity contribution in [1.29, 1.82) is 0 Å². The lowest BCUT2D eigenvalue weighted by atomic mass is 10.2. The van der Waals surface area contributed by atoms with Crippen molar-refractivity contribution in [2.75, 3.05) is 24.9 Å². The molecule has 5 nitrogen and oxygen atoms in total. The molecule has 2 aromatic carbocycles. The number of hydrogen-bond acceptors (Lipinski definition) is 4. The van der Waals surface area contributed by atoms with Gasteiger partial charge in [0, 0.05) is 17.1 Å². The number of halogens is 1. The Morgan fingerprint density at radius 1 is 1.00 bits per heavy atom. The minimum Gasteiger partial charge on any atom is -0.495 e. The number of ether oxygens (including phenoxy) is 2. The quantitative estimate of drug-likeness (QED) is 0.885. The first kappa shape index (κ1) is 15.0. The Bertz CT molecular complexity index is 629. The summed E-state index contributed by atoms with van der Waals surface area (Å²) in [6.07, 6.45) is -0.502. The molecule has 0 saturated heterocycles. The van der Waals surface area contributed by atoms with Crippen LogP contribution < -0.4 is 15.4 Å². The Labute approximate surface area is 127 Å². The molecule has 0 aromatic heterocycles. The molecule has 110 valence electrons. The fourth-order valence-corrected chi connectivity index (χ4v) is 1.97. The summed E-state index contributed by atoms with van der Waals surface area (Å²) in [5.74, 6) is 0.625. The van der Waals surface area contributed by atoms with Crippen LogP contribution >= 0.6 is 11.6 Å². The van der Waals surface area contributed by atoms with Crippen LogP contribution in [0.15, 0.2) is 42.5 Å². The highest BCUT2D eigenvalue weighted by atomic mass is 35.5. The van der Waals surface area contributed by atoms with E-state index in [2.05, 4.69) is 15.4 Å². The lowest BCUT2D eigenvalue weighted by molar-refractivity contribution is 0.187. The van der Waals surface area contributed by atoms with Crippen LogP contribution in [0.3, 0.4) is 0 Å². The summed E-state index contributed by atoms with van der Waals surface area (Å²) < 4.78 is 9.62. The zero-order valence-corrected chi connectivity index (χ0v) is 12.4. The van der Waals surface area contributed by atoms with E-state index in [1.807, 2.05) is 18.2 Å². The fraction of sp³-hybridized carbons (Fsp3) is 0.133. The van der Waals surface area contributed by atoms with Gasteiger partial charge in [0.1, 0.15) is 5.75 Å². The van der Waals surface area contributed by atoms with E-state index in [1.165, 1.54) is 7.11 Å². The van der Waals surface area contributed by atoms with Gasteiger partial charge in [0.25, 0.3) is 0 Å². The minimum absolute atomic E-state index is 0.502. The lowest BCUT2D eigenvalue weighted by Crippen LogP contribution is -2.10. The number of hydrogen-bond donors (Lipinski definition) is 2. The van der Waals surface area contributed by atoms with Crippen molar-refractivity contribution in [2.24, 2.45) is 0 Å². The monoisotopic (exact) mass is 306 g/mol. The number of methoxy groups -OCH3 is 2. The molecule has 0 spiro atoms. The van der Waals surface area contributed by atoms with E-state index in [0.717, 1.165) is 11.4 Å². The molecular formula is C15H15ClN2O3. The largest absolute Gasteiger partial charge is 0.495 e. The van der Waals surface area contributed by atoms with Gasteiger partial charge in [-0.15, -0.1) is 0 Å². The summed E-state index contributed by atoms with van der Waals surface area (Å²) in [5.41, 5.74) is 2.36. The van der Waals surface area contributed by atoms with Crippen molar-refractivity contribution in [3.05, 3.63) is 47.5 Å². The summed E-state index contributed by atoms with van der Waals surface area (Å²) in [7, 11) is 2.89. The molecule has 0 aliphatic rings. The molecule has 21 heavy (non-hydrogen) atoms. The highest BCUT2D eigenvalue weighted by Crippen LogP contribution is 2.29. The summed E-state index contributed by atoms with van der Waals surface area (Å²) in [5, 5.41) is 6.32. The first-order chi connectivity index (χ1) is 10.1. The highest BCUT2D eigenvalue weighted by molar-refractivity contribution is 6.32. The zero-order chi connectivity index (χ0) is 15.2. The van der Waals surface area contributed by atoms with Gasteiger partial charge >= 0.3 is 6.09 Å².